The SMILES string of the molecule is CC(C(=O)NC1CCCC1)N(Cc1ccccc1F)C(=O)CN(c1ccc(F)c(Cl)c1)S(C)(=O)=O. The van der Waals surface area contributed by atoms with Gasteiger partial charge in [-0.15, -0.1) is 0 Å². The third kappa shape index (κ3) is 6.91. The van der Waals surface area contributed by atoms with Crippen LogP contribution in [0.1, 0.15) is 38.2 Å². The molecule has 7 nitrogen and oxygen atoms in total. The van der Waals surface area contributed by atoms with Gasteiger partial charge in [-0.1, -0.05) is 42.6 Å². The maximum atomic E-state index is 14.4. The van der Waals surface area contributed by atoms with Crippen LogP contribution in [0.3, 0.4) is 0 Å². The van der Waals surface area contributed by atoms with Crippen molar-refractivity contribution < 1.29 is 26.8 Å². The van der Waals surface area contributed by atoms with Gasteiger partial charge in [0.2, 0.25) is 21.8 Å². The van der Waals surface area contributed by atoms with Crippen LogP contribution in [0.2, 0.25) is 5.02 Å². The molecular weight excluding hydrogens is 500 g/mol. The molecule has 1 N–H and O–H groups in total. The minimum absolute atomic E-state index is 0.00392. The molecule has 1 aliphatic rings. The van der Waals surface area contributed by atoms with Crippen molar-refractivity contribution in [2.75, 3.05) is 17.1 Å². The van der Waals surface area contributed by atoms with E-state index in [9.17, 15) is 26.8 Å². The largest absolute Gasteiger partial charge is 0.352 e. The molecule has 11 heteroatoms. The summed E-state index contributed by atoms with van der Waals surface area (Å²) in [5.74, 6) is -2.43. The fourth-order valence-electron chi connectivity index (χ4n) is 4.04. The first-order valence-electron chi connectivity index (χ1n) is 11.2. The third-order valence-corrected chi connectivity index (χ3v) is 7.47. The van der Waals surface area contributed by atoms with E-state index in [0.29, 0.717) is 0 Å². The van der Waals surface area contributed by atoms with Crippen molar-refractivity contribution in [3.63, 3.8) is 0 Å². The van der Waals surface area contributed by atoms with E-state index in [-0.39, 0.29) is 28.9 Å². The first kappa shape index (κ1) is 26.9. The number of carbonyl (C=O) groups excluding carboxylic acids is 2. The number of hydrogen-bond donors (Lipinski definition) is 1. The van der Waals surface area contributed by atoms with Crippen molar-refractivity contribution >= 4 is 39.1 Å². The Morgan fingerprint density at radius 3 is 2.37 bits per heavy atom. The number of nitrogens with one attached hydrogen (secondary N) is 1. The average Bonchev–Trinajstić information content (AvgIpc) is 3.30. The van der Waals surface area contributed by atoms with Gasteiger partial charge in [-0.3, -0.25) is 13.9 Å². The first-order chi connectivity index (χ1) is 16.5. The summed E-state index contributed by atoms with van der Waals surface area (Å²) in [5.41, 5.74) is 0.165. The van der Waals surface area contributed by atoms with Crippen molar-refractivity contribution in [2.45, 2.75) is 51.2 Å². The standard InChI is InChI=1S/C24H28ClF2N3O4S/c1-16(24(32)28-18-8-4-5-9-18)29(14-17-7-3-6-10-21(17)26)23(31)15-30(35(2,33)34)19-11-12-22(27)20(25)13-19/h3,6-7,10-13,16,18H,4-5,8-9,14-15H2,1-2H3,(H,28,32). The number of amides is 2. The quantitative estimate of drug-likeness (QED) is 0.536. The van der Waals surface area contributed by atoms with Crippen LogP contribution < -0.4 is 9.62 Å². The summed E-state index contributed by atoms with van der Waals surface area (Å²) in [4.78, 5) is 27.5. The third-order valence-electron chi connectivity index (χ3n) is 6.04. The predicted molar refractivity (Wildman–Crippen MR) is 130 cm³/mol. The molecule has 0 spiro atoms. The molecule has 0 radical (unpaired) electrons. The minimum Gasteiger partial charge on any atom is -0.352 e. The van der Waals surface area contributed by atoms with Gasteiger partial charge in [-0.25, -0.2) is 17.2 Å². The predicted octanol–water partition coefficient (Wildman–Crippen LogP) is 3.86. The van der Waals surface area contributed by atoms with Gasteiger partial charge in [-0.2, -0.15) is 0 Å². The van der Waals surface area contributed by atoms with Crippen LogP contribution in [0, 0.1) is 11.6 Å². The molecule has 1 aliphatic carbocycles. The Kier molecular flexibility index (Phi) is 8.71. The van der Waals surface area contributed by atoms with Crippen molar-refractivity contribution in [1.29, 1.82) is 0 Å². The van der Waals surface area contributed by atoms with Gasteiger partial charge in [0.25, 0.3) is 0 Å². The Hall–Kier alpha value is -2.72. The van der Waals surface area contributed by atoms with Crippen molar-refractivity contribution in [3.05, 3.63) is 64.7 Å². The zero-order chi connectivity index (χ0) is 25.8. The van der Waals surface area contributed by atoms with Gasteiger partial charge in [0, 0.05) is 18.2 Å². The fourth-order valence-corrected chi connectivity index (χ4v) is 5.05. The van der Waals surface area contributed by atoms with Crippen LogP contribution in [0.25, 0.3) is 0 Å². The molecule has 0 heterocycles. The van der Waals surface area contributed by atoms with E-state index in [4.69, 9.17) is 11.6 Å². The summed E-state index contributed by atoms with van der Waals surface area (Å²) >= 11 is 5.82. The van der Waals surface area contributed by atoms with Crippen LogP contribution in [0.4, 0.5) is 14.5 Å². The van der Waals surface area contributed by atoms with Gasteiger partial charge >= 0.3 is 0 Å². The molecule has 1 unspecified atom stereocenters. The highest BCUT2D eigenvalue weighted by molar-refractivity contribution is 7.92. The topological polar surface area (TPSA) is 86.8 Å². The lowest BCUT2D eigenvalue weighted by Crippen LogP contribution is -2.52. The summed E-state index contributed by atoms with van der Waals surface area (Å²) < 4.78 is 53.8. The Morgan fingerprint density at radius 2 is 1.77 bits per heavy atom. The van der Waals surface area contributed by atoms with E-state index in [1.807, 2.05) is 0 Å². The highest BCUT2D eigenvalue weighted by Crippen LogP contribution is 2.25. The number of anilines is 1. The number of nitrogens with zero attached hydrogens (tertiary/aromatic N) is 2. The normalized spacial score (nSPS) is 15.0. The Labute approximate surface area is 209 Å². The average molecular weight is 528 g/mol. The lowest BCUT2D eigenvalue weighted by molar-refractivity contribution is -0.139. The molecule has 35 heavy (non-hydrogen) atoms. The van der Waals surface area contributed by atoms with Gasteiger partial charge in [0.05, 0.1) is 17.0 Å². The highest BCUT2D eigenvalue weighted by Gasteiger charge is 2.32. The summed E-state index contributed by atoms with van der Waals surface area (Å²) in [6.45, 7) is 0.589. The molecule has 0 bridgehead atoms. The summed E-state index contributed by atoms with van der Waals surface area (Å²) in [6.07, 6.45) is 4.58. The molecule has 3 rings (SSSR count). The van der Waals surface area contributed by atoms with Crippen LogP contribution in [0.15, 0.2) is 42.5 Å². The van der Waals surface area contributed by atoms with Crippen molar-refractivity contribution in [2.24, 2.45) is 0 Å². The van der Waals surface area contributed by atoms with Crippen LogP contribution in [-0.4, -0.2) is 50.0 Å². The molecule has 2 aromatic rings. The number of sulfonamides is 1. The Morgan fingerprint density at radius 1 is 1.11 bits per heavy atom. The Bertz CT molecular complexity index is 1190. The van der Waals surface area contributed by atoms with Gasteiger partial charge in [0.1, 0.15) is 24.2 Å². The van der Waals surface area contributed by atoms with Gasteiger partial charge < -0.3 is 10.2 Å². The van der Waals surface area contributed by atoms with Crippen molar-refractivity contribution in [1.82, 2.24) is 10.2 Å². The van der Waals surface area contributed by atoms with E-state index >= 15 is 0 Å². The zero-order valence-corrected chi connectivity index (χ0v) is 21.1. The number of halogens is 3. The second-order valence-corrected chi connectivity index (χ2v) is 11.0. The molecule has 1 saturated carbocycles. The number of hydrogen-bond acceptors (Lipinski definition) is 4. The van der Waals surface area contributed by atoms with Crippen LogP contribution in [0.5, 0.6) is 0 Å². The van der Waals surface area contributed by atoms with Crippen molar-refractivity contribution in [3.8, 4) is 0 Å². The zero-order valence-electron chi connectivity index (χ0n) is 19.5. The number of rotatable bonds is 9. The molecule has 190 valence electrons. The Balaban J connectivity index is 1.90. The molecule has 0 aromatic heterocycles. The monoisotopic (exact) mass is 527 g/mol. The van der Waals surface area contributed by atoms with E-state index < -0.39 is 46.1 Å². The first-order valence-corrected chi connectivity index (χ1v) is 13.5. The lowest BCUT2D eigenvalue weighted by atomic mass is 10.1. The van der Waals surface area contributed by atoms with E-state index in [1.165, 1.54) is 31.2 Å². The maximum Gasteiger partial charge on any atom is 0.244 e. The van der Waals surface area contributed by atoms with E-state index in [0.717, 1.165) is 53.3 Å². The molecule has 2 amide bonds. The maximum absolute atomic E-state index is 14.4. The second kappa shape index (κ2) is 11.3. The summed E-state index contributed by atoms with van der Waals surface area (Å²) in [6, 6.07) is 8.13. The second-order valence-electron chi connectivity index (χ2n) is 8.65. The minimum atomic E-state index is -3.99. The molecule has 1 atom stereocenters. The van der Waals surface area contributed by atoms with E-state index in [1.54, 1.807) is 6.07 Å². The summed E-state index contributed by atoms with van der Waals surface area (Å²) in [7, 11) is -3.99. The van der Waals surface area contributed by atoms with Crippen LogP contribution >= 0.6 is 11.6 Å². The molecule has 0 saturated heterocycles. The highest BCUT2D eigenvalue weighted by atomic mass is 35.5. The number of carbonyl (C=O) groups is 2. The molecular formula is C24H28ClF2N3O4S. The summed E-state index contributed by atoms with van der Waals surface area (Å²) in [5, 5.41) is 2.62. The van der Waals surface area contributed by atoms with Crippen LogP contribution in [-0.2, 0) is 26.2 Å². The number of benzene rings is 2. The van der Waals surface area contributed by atoms with Gasteiger partial charge in [-0.05, 0) is 44.0 Å². The molecule has 2 aromatic carbocycles. The molecule has 1 fully saturated rings. The van der Waals surface area contributed by atoms with Gasteiger partial charge in [0.15, 0.2) is 0 Å². The lowest BCUT2D eigenvalue weighted by Gasteiger charge is -2.32. The fraction of sp³-hybridized carbons (Fsp3) is 0.417. The molecule has 0 aliphatic heterocycles. The van der Waals surface area contributed by atoms with E-state index in [2.05, 4.69) is 5.32 Å². The smallest absolute Gasteiger partial charge is 0.244 e.